The van der Waals surface area contributed by atoms with Crippen LogP contribution in [-0.4, -0.2) is 50.0 Å². The highest BCUT2D eigenvalue weighted by Crippen LogP contribution is 2.52. The number of nitrogens with one attached hydrogen (secondary N) is 1. The van der Waals surface area contributed by atoms with Gasteiger partial charge in [0.2, 0.25) is 0 Å². The van der Waals surface area contributed by atoms with Crippen LogP contribution in [0.15, 0.2) is 16.5 Å². The van der Waals surface area contributed by atoms with Gasteiger partial charge in [-0.25, -0.2) is 4.39 Å². The van der Waals surface area contributed by atoms with Crippen LogP contribution in [-0.2, 0) is 11.2 Å². The number of oxazole rings is 1. The van der Waals surface area contributed by atoms with Crippen LogP contribution in [0.2, 0.25) is 0 Å². The quantitative estimate of drug-likeness (QED) is 0.496. The van der Waals surface area contributed by atoms with E-state index in [0.29, 0.717) is 37.1 Å². The van der Waals surface area contributed by atoms with Crippen LogP contribution in [0.5, 0.6) is 5.75 Å². The number of carbonyl (C=O) groups is 1. The molecule has 7 nitrogen and oxygen atoms in total. The number of aryl methyl sites for hydroxylation is 1. The van der Waals surface area contributed by atoms with E-state index in [9.17, 15) is 22.4 Å². The van der Waals surface area contributed by atoms with Crippen molar-refractivity contribution in [1.82, 2.24) is 4.98 Å². The number of anilines is 2. The minimum Gasteiger partial charge on any atom is -0.487 e. The van der Waals surface area contributed by atoms with Gasteiger partial charge in [-0.3, -0.25) is 4.79 Å². The molecule has 1 N–H and O–H groups in total. The molecule has 2 aromatic rings. The molecule has 0 bridgehead atoms. The van der Waals surface area contributed by atoms with Crippen LogP contribution in [0, 0.1) is 30.0 Å². The molecule has 2 saturated carbocycles. The van der Waals surface area contributed by atoms with Crippen molar-refractivity contribution >= 4 is 17.6 Å². The van der Waals surface area contributed by atoms with Crippen molar-refractivity contribution in [2.45, 2.75) is 51.8 Å². The Morgan fingerprint density at radius 1 is 1.25 bits per heavy atom. The van der Waals surface area contributed by atoms with Crippen LogP contribution >= 0.6 is 0 Å². The van der Waals surface area contributed by atoms with Gasteiger partial charge in [-0.2, -0.15) is 18.2 Å². The number of ether oxygens (including phenoxy) is 2. The second kappa shape index (κ2) is 8.93. The highest BCUT2D eigenvalue weighted by Gasteiger charge is 2.47. The molecule has 196 valence electrons. The van der Waals surface area contributed by atoms with Crippen molar-refractivity contribution in [1.29, 1.82) is 0 Å². The zero-order valence-electron chi connectivity index (χ0n) is 20.4. The maximum atomic E-state index is 14.9. The Kier molecular flexibility index (Phi) is 6.17. The first-order chi connectivity index (χ1) is 16.9. The number of benzene rings is 1. The second-order valence-corrected chi connectivity index (χ2v) is 10.7. The molecule has 3 fully saturated rings. The standard InChI is InChI=1S/C25H29F4N3O4/c1-13-4-16(8-18(26)21(13)35-17-6-14-5-15(14)7-17)30-22(33)20-19(9-25(27,28)29)36-23(31-20)32-10-24(2,11-32)12-34-3/h4,8,14-15,17H,5-7,9-12H2,1-3H3,(H,30,33)/t14-,15?,17+/m1/s1. The number of hydrogen-bond donors (Lipinski definition) is 1. The summed E-state index contributed by atoms with van der Waals surface area (Å²) in [5, 5.41) is 2.46. The van der Waals surface area contributed by atoms with E-state index in [4.69, 9.17) is 13.9 Å². The van der Waals surface area contributed by atoms with Crippen LogP contribution in [0.1, 0.15) is 48.0 Å². The van der Waals surface area contributed by atoms with E-state index in [2.05, 4.69) is 10.3 Å². The molecule has 1 aromatic carbocycles. The molecule has 3 atom stereocenters. The van der Waals surface area contributed by atoms with Gasteiger partial charge in [0.1, 0.15) is 12.2 Å². The lowest BCUT2D eigenvalue weighted by Crippen LogP contribution is -2.57. The van der Waals surface area contributed by atoms with Gasteiger partial charge in [0.05, 0.1) is 12.7 Å². The highest BCUT2D eigenvalue weighted by atomic mass is 19.4. The maximum absolute atomic E-state index is 14.9. The van der Waals surface area contributed by atoms with Gasteiger partial charge in [0.15, 0.2) is 17.3 Å². The number of fused-ring (bicyclic) bond motifs is 1. The molecule has 0 radical (unpaired) electrons. The lowest BCUT2D eigenvalue weighted by Gasteiger charge is -2.46. The molecule has 5 rings (SSSR count). The van der Waals surface area contributed by atoms with E-state index in [1.807, 2.05) is 6.92 Å². The monoisotopic (exact) mass is 511 g/mol. The topological polar surface area (TPSA) is 76.8 Å². The lowest BCUT2D eigenvalue weighted by molar-refractivity contribution is -0.130. The Morgan fingerprint density at radius 2 is 1.94 bits per heavy atom. The Balaban J connectivity index is 1.31. The van der Waals surface area contributed by atoms with E-state index in [0.717, 1.165) is 18.9 Å². The SMILES string of the molecule is COCC1(C)CN(c2nc(C(=O)Nc3cc(C)c(O[C@@H]4CC5C[C@@H]5C4)c(F)c3)c(CC(F)(F)F)o2)C1. The van der Waals surface area contributed by atoms with E-state index in [1.165, 1.54) is 12.5 Å². The second-order valence-electron chi connectivity index (χ2n) is 10.7. The predicted molar refractivity (Wildman–Crippen MR) is 123 cm³/mol. The molecule has 11 heteroatoms. The van der Waals surface area contributed by atoms with Crippen molar-refractivity contribution in [3.05, 3.63) is 35.0 Å². The van der Waals surface area contributed by atoms with Crippen molar-refractivity contribution in [3.8, 4) is 5.75 Å². The number of alkyl halides is 3. The first-order valence-electron chi connectivity index (χ1n) is 12.0. The molecular formula is C25H29F4N3O4. The van der Waals surface area contributed by atoms with Gasteiger partial charge in [0.25, 0.3) is 11.9 Å². The third kappa shape index (κ3) is 5.16. The lowest BCUT2D eigenvalue weighted by atomic mass is 9.83. The number of amides is 1. The molecular weight excluding hydrogens is 482 g/mol. The average Bonchev–Trinajstić information content (AvgIpc) is 3.15. The zero-order valence-corrected chi connectivity index (χ0v) is 20.4. The maximum Gasteiger partial charge on any atom is 0.396 e. The molecule has 0 spiro atoms. The van der Waals surface area contributed by atoms with E-state index in [-0.39, 0.29) is 29.0 Å². The molecule has 1 saturated heterocycles. The first kappa shape index (κ1) is 24.9. The molecule has 1 amide bonds. The zero-order chi connectivity index (χ0) is 25.8. The molecule has 1 unspecified atom stereocenters. The number of hydrogen-bond acceptors (Lipinski definition) is 6. The average molecular weight is 512 g/mol. The summed E-state index contributed by atoms with van der Waals surface area (Å²) in [5.74, 6) is -0.640. The van der Waals surface area contributed by atoms with Gasteiger partial charge >= 0.3 is 6.18 Å². The first-order valence-corrected chi connectivity index (χ1v) is 12.0. The van der Waals surface area contributed by atoms with Gasteiger partial charge in [-0.15, -0.1) is 0 Å². The highest BCUT2D eigenvalue weighted by molar-refractivity contribution is 6.04. The van der Waals surface area contributed by atoms with E-state index < -0.39 is 35.8 Å². The fourth-order valence-electron chi connectivity index (χ4n) is 5.47. The van der Waals surface area contributed by atoms with Crippen molar-refractivity contribution in [3.63, 3.8) is 0 Å². The molecule has 36 heavy (non-hydrogen) atoms. The predicted octanol–water partition coefficient (Wildman–Crippen LogP) is 5.13. The Hall–Kier alpha value is -2.82. The number of nitrogens with zero attached hydrogens (tertiary/aromatic N) is 2. The third-order valence-corrected chi connectivity index (χ3v) is 7.14. The Labute approximate surface area is 206 Å². The summed E-state index contributed by atoms with van der Waals surface area (Å²) in [6.07, 6.45) is -3.02. The fraction of sp³-hybridized carbons (Fsp3) is 0.600. The summed E-state index contributed by atoms with van der Waals surface area (Å²) < 4.78 is 70.8. The van der Waals surface area contributed by atoms with Crippen LogP contribution < -0.4 is 15.0 Å². The molecule has 2 heterocycles. The summed E-state index contributed by atoms with van der Waals surface area (Å²) in [6, 6.07) is 2.57. The van der Waals surface area contributed by atoms with Crippen molar-refractivity contribution < 1.29 is 36.2 Å². The summed E-state index contributed by atoms with van der Waals surface area (Å²) in [4.78, 5) is 18.6. The number of rotatable bonds is 8. The van der Waals surface area contributed by atoms with Crippen molar-refractivity contribution in [2.75, 3.05) is 37.0 Å². The van der Waals surface area contributed by atoms with Gasteiger partial charge in [-0.05, 0) is 49.7 Å². The largest absolute Gasteiger partial charge is 0.487 e. The summed E-state index contributed by atoms with van der Waals surface area (Å²) in [5.41, 5.74) is -0.0876. The summed E-state index contributed by atoms with van der Waals surface area (Å²) >= 11 is 0. The van der Waals surface area contributed by atoms with Crippen molar-refractivity contribution in [2.24, 2.45) is 17.3 Å². The number of aromatic nitrogens is 1. The number of halogens is 4. The summed E-state index contributed by atoms with van der Waals surface area (Å²) in [6.45, 7) is 5.03. The normalized spacial score (nSPS) is 24.3. The van der Waals surface area contributed by atoms with Gasteiger partial charge in [-0.1, -0.05) is 6.92 Å². The van der Waals surface area contributed by atoms with E-state index >= 15 is 0 Å². The van der Waals surface area contributed by atoms with Crippen LogP contribution in [0.4, 0.5) is 29.3 Å². The van der Waals surface area contributed by atoms with Crippen LogP contribution in [0.3, 0.4) is 0 Å². The number of carbonyl (C=O) groups excluding carboxylic acids is 1. The molecule has 3 aliphatic rings. The summed E-state index contributed by atoms with van der Waals surface area (Å²) in [7, 11) is 1.57. The minimum atomic E-state index is -4.60. The molecule has 2 aliphatic carbocycles. The smallest absolute Gasteiger partial charge is 0.396 e. The van der Waals surface area contributed by atoms with Gasteiger partial charge in [0, 0.05) is 37.4 Å². The third-order valence-electron chi connectivity index (χ3n) is 7.14. The molecule has 1 aromatic heterocycles. The Morgan fingerprint density at radius 3 is 2.56 bits per heavy atom. The van der Waals surface area contributed by atoms with E-state index in [1.54, 1.807) is 18.9 Å². The van der Waals surface area contributed by atoms with Crippen LogP contribution in [0.25, 0.3) is 0 Å². The Bertz CT molecular complexity index is 1130. The minimum absolute atomic E-state index is 0.0203. The fourth-order valence-corrected chi connectivity index (χ4v) is 5.47. The van der Waals surface area contributed by atoms with Gasteiger partial charge < -0.3 is 24.1 Å². The molecule has 1 aliphatic heterocycles. The number of methoxy groups -OCH3 is 1.